The van der Waals surface area contributed by atoms with Gasteiger partial charge >= 0.3 is 0 Å². The smallest absolute Gasteiger partial charge is 0.224 e. The van der Waals surface area contributed by atoms with E-state index in [0.717, 1.165) is 37.9 Å². The van der Waals surface area contributed by atoms with Gasteiger partial charge in [0.2, 0.25) is 5.91 Å². The number of rotatable bonds is 7. The Morgan fingerprint density at radius 2 is 1.76 bits per heavy atom. The minimum absolute atomic E-state index is 0.0556. The largest absolute Gasteiger partial charge is 0.330 e. The number of carbonyl (C=O) groups excluding carboxylic acids is 1. The van der Waals surface area contributed by atoms with Gasteiger partial charge in [0.1, 0.15) is 0 Å². The highest BCUT2D eigenvalue weighted by Crippen LogP contribution is 2.14. The van der Waals surface area contributed by atoms with Crippen molar-refractivity contribution in [3.05, 3.63) is 29.3 Å². The first-order valence-corrected chi connectivity index (χ1v) is 6.35. The van der Waals surface area contributed by atoms with Gasteiger partial charge in [0.25, 0.3) is 0 Å². The molecule has 0 aliphatic rings. The summed E-state index contributed by atoms with van der Waals surface area (Å²) in [7, 11) is 0. The molecule has 1 amide bonds. The van der Waals surface area contributed by atoms with E-state index in [0.29, 0.717) is 11.4 Å². The molecule has 1 aromatic rings. The molecule has 0 aliphatic carbocycles. The molecular weight excluding hydrogens is 236 g/mol. The van der Waals surface area contributed by atoms with Crippen molar-refractivity contribution in [2.75, 3.05) is 11.9 Å². The molecule has 0 aromatic heterocycles. The third-order valence-electron chi connectivity index (χ3n) is 2.49. The van der Waals surface area contributed by atoms with Gasteiger partial charge in [-0.1, -0.05) is 24.4 Å². The van der Waals surface area contributed by atoms with Crippen LogP contribution in [-0.2, 0) is 4.79 Å². The molecule has 0 bridgehead atoms. The topological polar surface area (TPSA) is 55.1 Å². The molecule has 17 heavy (non-hydrogen) atoms. The van der Waals surface area contributed by atoms with E-state index in [1.807, 2.05) is 0 Å². The molecule has 3 nitrogen and oxygen atoms in total. The van der Waals surface area contributed by atoms with Crippen molar-refractivity contribution in [2.45, 2.75) is 32.1 Å². The van der Waals surface area contributed by atoms with Gasteiger partial charge in [0.15, 0.2) is 0 Å². The zero-order chi connectivity index (χ0) is 12.5. The summed E-state index contributed by atoms with van der Waals surface area (Å²) in [5.41, 5.74) is 6.19. The number of hydrogen-bond donors (Lipinski definition) is 2. The quantitative estimate of drug-likeness (QED) is 0.735. The summed E-state index contributed by atoms with van der Waals surface area (Å²) in [4.78, 5) is 11.6. The van der Waals surface area contributed by atoms with Gasteiger partial charge in [-0.05, 0) is 43.7 Å². The van der Waals surface area contributed by atoms with Crippen LogP contribution < -0.4 is 11.1 Å². The van der Waals surface area contributed by atoms with Crippen LogP contribution in [-0.4, -0.2) is 12.5 Å². The van der Waals surface area contributed by atoms with E-state index >= 15 is 0 Å². The maximum Gasteiger partial charge on any atom is 0.224 e. The van der Waals surface area contributed by atoms with E-state index in [9.17, 15) is 4.79 Å². The molecule has 0 saturated carbocycles. The van der Waals surface area contributed by atoms with Gasteiger partial charge in [-0.3, -0.25) is 4.79 Å². The Labute approximate surface area is 107 Å². The Morgan fingerprint density at radius 3 is 2.41 bits per heavy atom. The predicted octanol–water partition coefficient (Wildman–Crippen LogP) is 3.19. The highest BCUT2D eigenvalue weighted by Gasteiger charge is 2.01. The number of carbonyl (C=O) groups is 1. The maximum atomic E-state index is 11.6. The van der Waals surface area contributed by atoms with Crippen molar-refractivity contribution in [1.29, 1.82) is 0 Å². The normalized spacial score (nSPS) is 10.2. The maximum absolute atomic E-state index is 11.6. The number of nitrogens with one attached hydrogen (secondary N) is 1. The fraction of sp³-hybridized carbons (Fsp3) is 0.462. The molecule has 0 spiro atoms. The molecule has 0 heterocycles. The fourth-order valence-electron chi connectivity index (χ4n) is 1.54. The van der Waals surface area contributed by atoms with Crippen LogP contribution in [0.1, 0.15) is 32.1 Å². The summed E-state index contributed by atoms with van der Waals surface area (Å²) in [6.07, 6.45) is 4.68. The van der Waals surface area contributed by atoms with Crippen molar-refractivity contribution in [1.82, 2.24) is 0 Å². The second-order valence-electron chi connectivity index (χ2n) is 4.01. The molecule has 3 N–H and O–H groups in total. The second-order valence-corrected chi connectivity index (χ2v) is 4.44. The van der Waals surface area contributed by atoms with Crippen molar-refractivity contribution in [3.8, 4) is 0 Å². The number of halogens is 1. The van der Waals surface area contributed by atoms with E-state index in [2.05, 4.69) is 5.32 Å². The molecule has 94 valence electrons. The van der Waals surface area contributed by atoms with E-state index in [4.69, 9.17) is 17.3 Å². The fourth-order valence-corrected chi connectivity index (χ4v) is 1.67. The molecule has 0 saturated heterocycles. The first kappa shape index (κ1) is 14.0. The molecule has 1 aromatic carbocycles. The molecule has 0 aliphatic heterocycles. The van der Waals surface area contributed by atoms with Crippen molar-refractivity contribution in [3.63, 3.8) is 0 Å². The summed E-state index contributed by atoms with van der Waals surface area (Å²) in [5, 5.41) is 3.51. The van der Waals surface area contributed by atoms with E-state index in [1.54, 1.807) is 24.3 Å². The summed E-state index contributed by atoms with van der Waals surface area (Å²) < 4.78 is 0. The summed E-state index contributed by atoms with van der Waals surface area (Å²) >= 11 is 5.76. The lowest BCUT2D eigenvalue weighted by atomic mass is 10.1. The van der Waals surface area contributed by atoms with Gasteiger partial charge < -0.3 is 11.1 Å². The summed E-state index contributed by atoms with van der Waals surface area (Å²) in [6.45, 7) is 0.733. The lowest BCUT2D eigenvalue weighted by Crippen LogP contribution is -2.10. The number of benzene rings is 1. The highest BCUT2D eigenvalue weighted by molar-refractivity contribution is 6.30. The Hall–Kier alpha value is -1.06. The molecule has 4 heteroatoms. The molecular formula is C13H19ClN2O. The minimum atomic E-state index is 0.0556. The van der Waals surface area contributed by atoms with Gasteiger partial charge in [-0.25, -0.2) is 0 Å². The van der Waals surface area contributed by atoms with Gasteiger partial charge in [0.05, 0.1) is 0 Å². The van der Waals surface area contributed by atoms with Crippen LogP contribution in [0.5, 0.6) is 0 Å². The number of nitrogens with two attached hydrogens (primary N) is 1. The third-order valence-corrected chi connectivity index (χ3v) is 2.74. The lowest BCUT2D eigenvalue weighted by molar-refractivity contribution is -0.116. The van der Waals surface area contributed by atoms with Gasteiger partial charge in [-0.2, -0.15) is 0 Å². The van der Waals surface area contributed by atoms with Gasteiger partial charge in [-0.15, -0.1) is 0 Å². The molecule has 1 rings (SSSR count). The van der Waals surface area contributed by atoms with Crippen LogP contribution in [0.2, 0.25) is 5.02 Å². The van der Waals surface area contributed by atoms with Crippen LogP contribution in [0, 0.1) is 0 Å². The average molecular weight is 255 g/mol. The van der Waals surface area contributed by atoms with Gasteiger partial charge in [0, 0.05) is 17.1 Å². The van der Waals surface area contributed by atoms with Crippen LogP contribution in [0.25, 0.3) is 0 Å². The monoisotopic (exact) mass is 254 g/mol. The Bertz CT molecular complexity index is 338. The van der Waals surface area contributed by atoms with Crippen LogP contribution in [0.4, 0.5) is 5.69 Å². The number of hydrogen-bond acceptors (Lipinski definition) is 2. The Kier molecular flexibility index (Phi) is 6.67. The zero-order valence-electron chi connectivity index (χ0n) is 9.92. The molecule has 0 radical (unpaired) electrons. The van der Waals surface area contributed by atoms with E-state index in [-0.39, 0.29) is 5.91 Å². The Morgan fingerprint density at radius 1 is 1.12 bits per heavy atom. The molecule has 0 atom stereocenters. The van der Waals surface area contributed by atoms with Crippen LogP contribution in [0.15, 0.2) is 24.3 Å². The van der Waals surface area contributed by atoms with Crippen molar-refractivity contribution >= 4 is 23.2 Å². The average Bonchev–Trinajstić information content (AvgIpc) is 2.32. The van der Waals surface area contributed by atoms with Crippen LogP contribution >= 0.6 is 11.6 Å². The van der Waals surface area contributed by atoms with E-state index < -0.39 is 0 Å². The molecule has 0 fully saturated rings. The number of amides is 1. The zero-order valence-corrected chi connectivity index (χ0v) is 10.7. The standard InChI is InChI=1S/C13H19ClN2O/c14-11-6-8-12(9-7-11)16-13(17)5-3-1-2-4-10-15/h6-9H,1-5,10,15H2,(H,16,17). The SMILES string of the molecule is NCCCCCCC(=O)Nc1ccc(Cl)cc1. The van der Waals surface area contributed by atoms with Crippen molar-refractivity contribution < 1.29 is 4.79 Å². The summed E-state index contributed by atoms with van der Waals surface area (Å²) in [5.74, 6) is 0.0556. The number of anilines is 1. The predicted molar refractivity (Wildman–Crippen MR) is 72.2 cm³/mol. The van der Waals surface area contributed by atoms with E-state index in [1.165, 1.54) is 0 Å². The number of unbranched alkanes of at least 4 members (excludes halogenated alkanes) is 3. The Balaban J connectivity index is 2.18. The summed E-state index contributed by atoms with van der Waals surface area (Å²) in [6, 6.07) is 7.13. The second kappa shape index (κ2) is 8.09. The van der Waals surface area contributed by atoms with Crippen LogP contribution in [0.3, 0.4) is 0 Å². The van der Waals surface area contributed by atoms with Crippen molar-refractivity contribution in [2.24, 2.45) is 5.73 Å². The highest BCUT2D eigenvalue weighted by atomic mass is 35.5. The third kappa shape index (κ3) is 6.29. The lowest BCUT2D eigenvalue weighted by Gasteiger charge is -2.05. The first-order chi connectivity index (χ1) is 8.22. The molecule has 0 unspecified atom stereocenters. The minimum Gasteiger partial charge on any atom is -0.330 e. The first-order valence-electron chi connectivity index (χ1n) is 5.98.